The lowest BCUT2D eigenvalue weighted by Gasteiger charge is -2.22. The summed E-state index contributed by atoms with van der Waals surface area (Å²) in [6.45, 7) is 6.07. The van der Waals surface area contributed by atoms with Gasteiger partial charge in [0.15, 0.2) is 0 Å². The summed E-state index contributed by atoms with van der Waals surface area (Å²) in [5.74, 6) is 0. The van der Waals surface area contributed by atoms with Crippen molar-refractivity contribution in [2.45, 2.75) is 45.3 Å². The Kier molecular flexibility index (Phi) is 4.00. The van der Waals surface area contributed by atoms with Crippen molar-refractivity contribution in [1.29, 1.82) is 0 Å². The van der Waals surface area contributed by atoms with Gasteiger partial charge in [0, 0.05) is 36.6 Å². The maximum absolute atomic E-state index is 10.6. The van der Waals surface area contributed by atoms with Crippen LogP contribution in [0.25, 0.3) is 0 Å². The number of aromatic nitrogens is 3. The first kappa shape index (κ1) is 13.7. The van der Waals surface area contributed by atoms with E-state index in [0.717, 1.165) is 17.7 Å². The van der Waals surface area contributed by atoms with E-state index in [4.69, 9.17) is 0 Å². The van der Waals surface area contributed by atoms with Gasteiger partial charge in [-0.3, -0.25) is 9.67 Å². The van der Waals surface area contributed by atoms with Gasteiger partial charge in [0.05, 0.1) is 11.3 Å². The number of nitrogens with zero attached hydrogens (tertiary/aromatic N) is 3. The van der Waals surface area contributed by atoms with Crippen molar-refractivity contribution >= 4 is 0 Å². The van der Waals surface area contributed by atoms with E-state index in [1.54, 1.807) is 19.3 Å². The maximum atomic E-state index is 10.6. The van der Waals surface area contributed by atoms with Gasteiger partial charge in [0.1, 0.15) is 0 Å². The standard InChI is InChI=1S/C15H21N3O/c1-4-12(2)18-9-7-14(17-18)10-15(3,19)13-6-5-8-16-11-13/h5-9,11-12,19H,4,10H2,1-3H3. The Morgan fingerprint density at radius 3 is 2.84 bits per heavy atom. The third-order valence-corrected chi connectivity index (χ3v) is 3.51. The summed E-state index contributed by atoms with van der Waals surface area (Å²) in [5, 5.41) is 15.1. The summed E-state index contributed by atoms with van der Waals surface area (Å²) in [5.41, 5.74) is 0.769. The Labute approximate surface area is 114 Å². The minimum Gasteiger partial charge on any atom is -0.385 e. The van der Waals surface area contributed by atoms with Gasteiger partial charge < -0.3 is 5.11 Å². The molecule has 2 rings (SSSR count). The predicted octanol–water partition coefficient (Wildman–Crippen LogP) is 2.70. The molecule has 0 fully saturated rings. The van der Waals surface area contributed by atoms with Crippen molar-refractivity contribution in [3.63, 3.8) is 0 Å². The number of hydrogen-bond donors (Lipinski definition) is 1. The van der Waals surface area contributed by atoms with E-state index in [-0.39, 0.29) is 0 Å². The molecule has 19 heavy (non-hydrogen) atoms. The number of hydrogen-bond acceptors (Lipinski definition) is 3. The molecule has 1 N–H and O–H groups in total. The quantitative estimate of drug-likeness (QED) is 0.898. The van der Waals surface area contributed by atoms with Crippen LogP contribution in [0.5, 0.6) is 0 Å². The molecule has 0 aliphatic carbocycles. The Morgan fingerprint density at radius 2 is 2.21 bits per heavy atom. The van der Waals surface area contributed by atoms with E-state index in [1.165, 1.54) is 0 Å². The van der Waals surface area contributed by atoms with Crippen LogP contribution in [0.15, 0.2) is 36.8 Å². The van der Waals surface area contributed by atoms with E-state index >= 15 is 0 Å². The molecule has 0 saturated heterocycles. The van der Waals surface area contributed by atoms with Gasteiger partial charge in [0.25, 0.3) is 0 Å². The molecular formula is C15H21N3O. The summed E-state index contributed by atoms with van der Waals surface area (Å²) >= 11 is 0. The normalized spacial score (nSPS) is 16.0. The van der Waals surface area contributed by atoms with Crippen molar-refractivity contribution in [1.82, 2.24) is 14.8 Å². The zero-order chi connectivity index (χ0) is 13.9. The van der Waals surface area contributed by atoms with Crippen molar-refractivity contribution in [3.8, 4) is 0 Å². The van der Waals surface area contributed by atoms with Gasteiger partial charge in [-0.1, -0.05) is 13.0 Å². The Hall–Kier alpha value is -1.68. The van der Waals surface area contributed by atoms with Crippen molar-refractivity contribution in [3.05, 3.63) is 48.0 Å². The highest BCUT2D eigenvalue weighted by Gasteiger charge is 2.25. The summed E-state index contributed by atoms with van der Waals surface area (Å²) in [7, 11) is 0. The third-order valence-electron chi connectivity index (χ3n) is 3.51. The number of aliphatic hydroxyl groups is 1. The van der Waals surface area contributed by atoms with Gasteiger partial charge in [-0.05, 0) is 32.4 Å². The minimum atomic E-state index is -0.942. The lowest BCUT2D eigenvalue weighted by Crippen LogP contribution is -2.24. The lowest BCUT2D eigenvalue weighted by molar-refractivity contribution is 0.0560. The Balaban J connectivity index is 2.14. The van der Waals surface area contributed by atoms with Crippen LogP contribution in [0.3, 0.4) is 0 Å². The van der Waals surface area contributed by atoms with Crippen molar-refractivity contribution in [2.24, 2.45) is 0 Å². The van der Waals surface area contributed by atoms with Crippen molar-refractivity contribution < 1.29 is 5.11 Å². The molecule has 0 aliphatic heterocycles. The summed E-state index contributed by atoms with van der Waals surface area (Å²) in [4.78, 5) is 4.05. The Morgan fingerprint density at radius 1 is 1.42 bits per heavy atom. The molecule has 2 aromatic rings. The van der Waals surface area contributed by atoms with Crippen LogP contribution < -0.4 is 0 Å². The van der Waals surface area contributed by atoms with E-state index in [1.807, 2.05) is 29.1 Å². The summed E-state index contributed by atoms with van der Waals surface area (Å²) < 4.78 is 1.95. The van der Waals surface area contributed by atoms with Crippen LogP contribution in [-0.2, 0) is 12.0 Å². The molecule has 102 valence electrons. The fourth-order valence-corrected chi connectivity index (χ4v) is 2.04. The summed E-state index contributed by atoms with van der Waals surface area (Å²) in [6.07, 6.45) is 6.91. The van der Waals surface area contributed by atoms with Crippen LogP contribution in [-0.4, -0.2) is 19.9 Å². The van der Waals surface area contributed by atoms with Gasteiger partial charge in [-0.25, -0.2) is 0 Å². The topological polar surface area (TPSA) is 50.9 Å². The highest BCUT2D eigenvalue weighted by Crippen LogP contribution is 2.24. The Bertz CT molecular complexity index is 519. The van der Waals surface area contributed by atoms with Crippen LogP contribution in [0, 0.1) is 0 Å². The minimum absolute atomic E-state index is 0.386. The largest absolute Gasteiger partial charge is 0.385 e. The fourth-order valence-electron chi connectivity index (χ4n) is 2.04. The molecule has 0 saturated carbocycles. The maximum Gasteiger partial charge on any atom is 0.0939 e. The SMILES string of the molecule is CCC(C)n1ccc(CC(C)(O)c2cccnc2)n1. The van der Waals surface area contributed by atoms with Crippen LogP contribution in [0.4, 0.5) is 0 Å². The van der Waals surface area contributed by atoms with Gasteiger partial charge in [-0.15, -0.1) is 0 Å². The first-order valence-corrected chi connectivity index (χ1v) is 6.70. The average Bonchev–Trinajstić information content (AvgIpc) is 2.86. The molecule has 0 amide bonds. The van der Waals surface area contributed by atoms with Gasteiger partial charge >= 0.3 is 0 Å². The third kappa shape index (κ3) is 3.20. The molecule has 2 unspecified atom stereocenters. The van der Waals surface area contributed by atoms with Crippen molar-refractivity contribution in [2.75, 3.05) is 0 Å². The first-order valence-electron chi connectivity index (χ1n) is 6.70. The molecule has 2 aromatic heterocycles. The van der Waals surface area contributed by atoms with E-state index in [2.05, 4.69) is 23.9 Å². The molecule has 4 heteroatoms. The molecule has 2 atom stereocenters. The van der Waals surface area contributed by atoms with Crippen LogP contribution >= 0.6 is 0 Å². The second-order valence-electron chi connectivity index (χ2n) is 5.24. The van der Waals surface area contributed by atoms with Gasteiger partial charge in [-0.2, -0.15) is 5.10 Å². The molecule has 4 nitrogen and oxygen atoms in total. The lowest BCUT2D eigenvalue weighted by atomic mass is 9.92. The second-order valence-corrected chi connectivity index (χ2v) is 5.24. The second kappa shape index (κ2) is 5.53. The molecule has 0 aromatic carbocycles. The fraction of sp³-hybridized carbons (Fsp3) is 0.467. The highest BCUT2D eigenvalue weighted by atomic mass is 16.3. The average molecular weight is 259 g/mol. The monoisotopic (exact) mass is 259 g/mol. The number of rotatable bonds is 5. The molecule has 0 aliphatic rings. The predicted molar refractivity (Wildman–Crippen MR) is 74.7 cm³/mol. The van der Waals surface area contributed by atoms with Crippen LogP contribution in [0.2, 0.25) is 0 Å². The number of pyridine rings is 1. The molecule has 2 heterocycles. The molecule has 0 radical (unpaired) electrons. The molecule has 0 bridgehead atoms. The van der Waals surface area contributed by atoms with E-state index in [9.17, 15) is 5.11 Å². The molecular weight excluding hydrogens is 238 g/mol. The van der Waals surface area contributed by atoms with Gasteiger partial charge in [0.2, 0.25) is 0 Å². The first-order chi connectivity index (χ1) is 9.03. The van der Waals surface area contributed by atoms with E-state index in [0.29, 0.717) is 12.5 Å². The zero-order valence-corrected chi connectivity index (χ0v) is 11.7. The smallest absolute Gasteiger partial charge is 0.0939 e. The van der Waals surface area contributed by atoms with Crippen LogP contribution in [0.1, 0.15) is 44.5 Å². The summed E-state index contributed by atoms with van der Waals surface area (Å²) in [6, 6.07) is 6.08. The molecule has 0 spiro atoms. The van der Waals surface area contributed by atoms with E-state index < -0.39 is 5.60 Å². The highest BCUT2D eigenvalue weighted by molar-refractivity contribution is 5.20. The zero-order valence-electron chi connectivity index (χ0n) is 11.7.